The average molecular weight is 231 g/mol. The standard InChI is InChI=1S/C9H10FNO3S/c1-11-4-5-14-9-3-2-7(6-8(9)11)15(10,12)13/h2-3,6H,4-5H2,1H3. The summed E-state index contributed by atoms with van der Waals surface area (Å²) in [4.78, 5) is 1.49. The fourth-order valence-corrected chi connectivity index (χ4v) is 1.97. The van der Waals surface area contributed by atoms with Crippen molar-refractivity contribution >= 4 is 15.9 Å². The zero-order valence-electron chi connectivity index (χ0n) is 8.10. The number of hydrogen-bond acceptors (Lipinski definition) is 4. The summed E-state index contributed by atoms with van der Waals surface area (Å²) in [6.07, 6.45) is 0. The molecule has 0 saturated carbocycles. The molecule has 0 fully saturated rings. The van der Waals surface area contributed by atoms with Crippen molar-refractivity contribution in [1.29, 1.82) is 0 Å². The highest BCUT2D eigenvalue weighted by Gasteiger charge is 2.19. The van der Waals surface area contributed by atoms with Gasteiger partial charge in [-0.15, -0.1) is 3.89 Å². The van der Waals surface area contributed by atoms with Gasteiger partial charge in [-0.2, -0.15) is 8.42 Å². The summed E-state index contributed by atoms with van der Waals surface area (Å²) >= 11 is 0. The lowest BCUT2D eigenvalue weighted by Gasteiger charge is -2.27. The van der Waals surface area contributed by atoms with Crippen molar-refractivity contribution in [1.82, 2.24) is 0 Å². The molecule has 4 nitrogen and oxygen atoms in total. The highest BCUT2D eigenvalue weighted by molar-refractivity contribution is 7.86. The first-order chi connectivity index (χ1) is 6.98. The maximum absolute atomic E-state index is 12.7. The van der Waals surface area contributed by atoms with Gasteiger partial charge in [0, 0.05) is 7.05 Å². The number of halogens is 1. The first-order valence-electron chi connectivity index (χ1n) is 4.41. The highest BCUT2D eigenvalue weighted by atomic mass is 32.3. The molecule has 0 aliphatic carbocycles. The van der Waals surface area contributed by atoms with Crippen molar-refractivity contribution in [3.63, 3.8) is 0 Å². The molecule has 0 bridgehead atoms. The zero-order chi connectivity index (χ0) is 11.1. The van der Waals surface area contributed by atoms with Crippen molar-refractivity contribution in [2.75, 3.05) is 25.1 Å². The molecular weight excluding hydrogens is 221 g/mol. The van der Waals surface area contributed by atoms with Crippen LogP contribution in [0.5, 0.6) is 5.75 Å². The minimum atomic E-state index is -4.64. The van der Waals surface area contributed by atoms with Gasteiger partial charge < -0.3 is 9.64 Å². The summed E-state index contributed by atoms with van der Waals surface area (Å²) in [7, 11) is -2.84. The number of nitrogens with zero attached hydrogens (tertiary/aromatic N) is 1. The van der Waals surface area contributed by atoms with Crippen LogP contribution in [0.4, 0.5) is 9.57 Å². The molecule has 0 unspecified atom stereocenters. The summed E-state index contributed by atoms with van der Waals surface area (Å²) < 4.78 is 39.4. The van der Waals surface area contributed by atoms with Gasteiger partial charge in [0.15, 0.2) is 0 Å². The number of hydrogen-bond donors (Lipinski definition) is 0. The van der Waals surface area contributed by atoms with Gasteiger partial charge in [-0.1, -0.05) is 0 Å². The van der Waals surface area contributed by atoms with E-state index in [-0.39, 0.29) is 4.90 Å². The van der Waals surface area contributed by atoms with Gasteiger partial charge in [-0.3, -0.25) is 0 Å². The molecule has 0 saturated heterocycles. The third-order valence-electron chi connectivity index (χ3n) is 2.31. The van der Waals surface area contributed by atoms with E-state index in [1.807, 2.05) is 4.90 Å². The smallest absolute Gasteiger partial charge is 0.332 e. The van der Waals surface area contributed by atoms with E-state index < -0.39 is 10.2 Å². The maximum atomic E-state index is 12.7. The normalized spacial score (nSPS) is 15.7. The Hall–Kier alpha value is -1.30. The van der Waals surface area contributed by atoms with Crippen LogP contribution in [0.1, 0.15) is 0 Å². The highest BCUT2D eigenvalue weighted by Crippen LogP contribution is 2.33. The fourth-order valence-electron chi connectivity index (χ4n) is 1.48. The van der Waals surface area contributed by atoms with Gasteiger partial charge in [-0.25, -0.2) is 0 Å². The second-order valence-electron chi connectivity index (χ2n) is 3.34. The quantitative estimate of drug-likeness (QED) is 0.681. The van der Waals surface area contributed by atoms with Crippen molar-refractivity contribution in [2.24, 2.45) is 0 Å². The summed E-state index contributed by atoms with van der Waals surface area (Å²) in [6, 6.07) is 3.95. The van der Waals surface area contributed by atoms with Gasteiger partial charge in [0.25, 0.3) is 0 Å². The molecule has 6 heteroatoms. The second-order valence-corrected chi connectivity index (χ2v) is 4.68. The Morgan fingerprint density at radius 1 is 1.47 bits per heavy atom. The number of benzene rings is 1. The number of fused-ring (bicyclic) bond motifs is 1. The molecule has 15 heavy (non-hydrogen) atoms. The van der Waals surface area contributed by atoms with E-state index in [1.54, 1.807) is 7.05 Å². The molecule has 1 aliphatic heterocycles. The number of likely N-dealkylation sites (N-methyl/N-ethyl adjacent to an activating group) is 1. The van der Waals surface area contributed by atoms with Crippen LogP contribution in [-0.2, 0) is 10.2 Å². The lowest BCUT2D eigenvalue weighted by molar-refractivity contribution is 0.311. The minimum absolute atomic E-state index is 0.335. The summed E-state index contributed by atoms with van der Waals surface area (Å²) in [5.74, 6) is 0.580. The first-order valence-corrected chi connectivity index (χ1v) is 5.79. The van der Waals surface area contributed by atoms with Crippen molar-refractivity contribution < 1.29 is 17.0 Å². The van der Waals surface area contributed by atoms with Crippen LogP contribution in [0.3, 0.4) is 0 Å². The molecule has 82 valence electrons. The summed E-state index contributed by atoms with van der Waals surface area (Å²) in [5, 5.41) is 0. The Labute approximate surface area is 87.5 Å². The van der Waals surface area contributed by atoms with Gasteiger partial charge >= 0.3 is 10.2 Å². The van der Waals surface area contributed by atoms with Gasteiger partial charge in [0.2, 0.25) is 0 Å². The van der Waals surface area contributed by atoms with Crippen molar-refractivity contribution in [3.8, 4) is 5.75 Å². The molecule has 1 heterocycles. The van der Waals surface area contributed by atoms with Crippen LogP contribution in [-0.4, -0.2) is 28.6 Å². The van der Waals surface area contributed by atoms with Crippen molar-refractivity contribution in [3.05, 3.63) is 18.2 Å². The number of anilines is 1. The van der Waals surface area contributed by atoms with Gasteiger partial charge in [0.05, 0.1) is 12.2 Å². The predicted octanol–water partition coefficient (Wildman–Crippen LogP) is 1.17. The Balaban J connectivity index is 2.53. The maximum Gasteiger partial charge on any atom is 0.332 e. The number of rotatable bonds is 1. The predicted molar refractivity (Wildman–Crippen MR) is 53.5 cm³/mol. The van der Waals surface area contributed by atoms with Gasteiger partial charge in [0.1, 0.15) is 17.3 Å². The Bertz CT molecular complexity index is 486. The van der Waals surface area contributed by atoms with Crippen LogP contribution in [0.25, 0.3) is 0 Å². The Kier molecular flexibility index (Phi) is 2.30. The monoisotopic (exact) mass is 231 g/mol. The van der Waals surface area contributed by atoms with E-state index in [4.69, 9.17) is 4.74 Å². The molecule has 0 aromatic heterocycles. The van der Waals surface area contributed by atoms with Crippen LogP contribution >= 0.6 is 0 Å². The molecule has 1 aromatic rings. The largest absolute Gasteiger partial charge is 0.490 e. The van der Waals surface area contributed by atoms with E-state index in [9.17, 15) is 12.3 Å². The summed E-state index contributed by atoms with van der Waals surface area (Å²) in [6.45, 7) is 1.20. The third-order valence-corrected chi connectivity index (χ3v) is 3.12. The van der Waals surface area contributed by atoms with Crippen LogP contribution < -0.4 is 9.64 Å². The van der Waals surface area contributed by atoms with E-state index in [2.05, 4.69) is 0 Å². The second kappa shape index (κ2) is 3.37. The molecule has 0 atom stereocenters. The topological polar surface area (TPSA) is 46.6 Å². The average Bonchev–Trinajstić information content (AvgIpc) is 2.16. The van der Waals surface area contributed by atoms with Crippen LogP contribution in [0.15, 0.2) is 23.1 Å². The molecule has 0 N–H and O–H groups in total. The van der Waals surface area contributed by atoms with Crippen LogP contribution in [0.2, 0.25) is 0 Å². The first kappa shape index (κ1) is 10.2. The van der Waals surface area contributed by atoms with E-state index in [0.29, 0.717) is 24.6 Å². The Morgan fingerprint density at radius 2 is 2.20 bits per heavy atom. The zero-order valence-corrected chi connectivity index (χ0v) is 8.92. The summed E-state index contributed by atoms with van der Waals surface area (Å²) in [5.41, 5.74) is 0.597. The minimum Gasteiger partial charge on any atom is -0.490 e. The lowest BCUT2D eigenvalue weighted by Crippen LogP contribution is -2.28. The SMILES string of the molecule is CN1CCOc2ccc(S(=O)(=O)F)cc21. The van der Waals surface area contributed by atoms with Crippen molar-refractivity contribution in [2.45, 2.75) is 4.90 Å². The fraction of sp³-hybridized carbons (Fsp3) is 0.333. The molecule has 1 aromatic carbocycles. The van der Waals surface area contributed by atoms with E-state index >= 15 is 0 Å². The lowest BCUT2D eigenvalue weighted by atomic mass is 10.2. The van der Waals surface area contributed by atoms with E-state index in [0.717, 1.165) is 0 Å². The van der Waals surface area contributed by atoms with E-state index in [1.165, 1.54) is 18.2 Å². The molecule has 0 radical (unpaired) electrons. The number of ether oxygens (including phenoxy) is 1. The molecule has 0 spiro atoms. The molecule has 2 rings (SSSR count). The van der Waals surface area contributed by atoms with Crippen LogP contribution in [0, 0.1) is 0 Å². The third kappa shape index (κ3) is 1.90. The molecular formula is C9H10FNO3S. The molecule has 0 amide bonds. The van der Waals surface area contributed by atoms with Gasteiger partial charge in [-0.05, 0) is 18.2 Å². The Morgan fingerprint density at radius 3 is 2.87 bits per heavy atom. The molecule has 1 aliphatic rings.